The molecule has 1 aromatic rings. The Kier molecular flexibility index (Phi) is 5.50. The van der Waals surface area contributed by atoms with Crippen LogP contribution in [0.3, 0.4) is 0 Å². The Morgan fingerprint density at radius 2 is 2.04 bits per heavy atom. The second-order valence-electron chi connectivity index (χ2n) is 6.09. The molecule has 2 aliphatic carbocycles. The summed E-state index contributed by atoms with van der Waals surface area (Å²) in [6.07, 6.45) is -0.161. The molecule has 0 amide bonds. The molecule has 0 heterocycles. The molecule has 0 bridgehead atoms. The highest BCUT2D eigenvalue weighted by molar-refractivity contribution is 14.1. The van der Waals surface area contributed by atoms with Gasteiger partial charge in [0, 0.05) is 18.1 Å². The highest BCUT2D eigenvalue weighted by Gasteiger charge is 2.56. The van der Waals surface area contributed by atoms with Crippen LogP contribution in [0.15, 0.2) is 47.9 Å². The molecular weight excluding hydrogens is 464 g/mol. The molecule has 0 aliphatic heterocycles. The van der Waals surface area contributed by atoms with Crippen molar-refractivity contribution in [1.29, 1.82) is 0 Å². The third-order valence-electron chi connectivity index (χ3n) is 4.20. The molecule has 1 N–H and O–H groups in total. The van der Waals surface area contributed by atoms with Crippen LogP contribution in [0.25, 0.3) is 0 Å². The fourth-order valence-electron chi connectivity index (χ4n) is 2.76. The summed E-state index contributed by atoms with van der Waals surface area (Å²) in [4.78, 5) is 11.0. The SMILES string of the molecule is O=C(O)[C@@H]1[C@@H](I)[C@H]1OC1=CC(OCc2ccccc2C(F)(F)F)=CCC1. The lowest BCUT2D eigenvalue weighted by atomic mass is 10.1. The molecule has 0 spiro atoms. The number of carboxylic acid groups (broad SMARTS) is 1. The predicted octanol–water partition coefficient (Wildman–Crippen LogP) is 4.69. The Bertz CT molecular complexity index is 757. The monoisotopic (exact) mass is 480 g/mol. The smallest absolute Gasteiger partial charge is 0.416 e. The van der Waals surface area contributed by atoms with E-state index in [-0.39, 0.29) is 22.2 Å². The number of allylic oxidation sites excluding steroid dienone is 3. The maximum absolute atomic E-state index is 13.0. The zero-order valence-electron chi connectivity index (χ0n) is 13.5. The zero-order valence-corrected chi connectivity index (χ0v) is 15.7. The predicted molar refractivity (Wildman–Crippen MR) is 95.4 cm³/mol. The van der Waals surface area contributed by atoms with Gasteiger partial charge < -0.3 is 14.6 Å². The van der Waals surface area contributed by atoms with Gasteiger partial charge in [-0.3, -0.25) is 4.79 Å². The van der Waals surface area contributed by atoms with Gasteiger partial charge in [0.1, 0.15) is 30.1 Å². The summed E-state index contributed by atoms with van der Waals surface area (Å²) in [6, 6.07) is 5.29. The van der Waals surface area contributed by atoms with E-state index in [1.165, 1.54) is 18.2 Å². The third kappa shape index (κ3) is 4.33. The zero-order chi connectivity index (χ0) is 18.9. The Morgan fingerprint density at radius 3 is 2.69 bits per heavy atom. The molecule has 1 saturated carbocycles. The van der Waals surface area contributed by atoms with Crippen molar-refractivity contribution in [1.82, 2.24) is 0 Å². The minimum atomic E-state index is -4.43. The van der Waals surface area contributed by atoms with Crippen molar-refractivity contribution >= 4 is 28.6 Å². The summed E-state index contributed by atoms with van der Waals surface area (Å²) in [6.45, 7) is -0.207. The van der Waals surface area contributed by atoms with E-state index in [0.29, 0.717) is 24.4 Å². The van der Waals surface area contributed by atoms with Gasteiger partial charge in [0.25, 0.3) is 0 Å². The van der Waals surface area contributed by atoms with Gasteiger partial charge in [-0.05, 0) is 18.6 Å². The number of aliphatic carboxylic acids is 1. The van der Waals surface area contributed by atoms with Crippen molar-refractivity contribution in [2.45, 2.75) is 35.7 Å². The van der Waals surface area contributed by atoms with Crippen molar-refractivity contribution in [3.05, 3.63) is 59.1 Å². The van der Waals surface area contributed by atoms with Crippen LogP contribution in [0.4, 0.5) is 13.2 Å². The Balaban J connectivity index is 1.62. The van der Waals surface area contributed by atoms with Crippen LogP contribution in [0, 0.1) is 5.92 Å². The fourth-order valence-corrected chi connectivity index (χ4v) is 3.83. The van der Waals surface area contributed by atoms with Crippen LogP contribution >= 0.6 is 22.6 Å². The molecule has 8 heteroatoms. The van der Waals surface area contributed by atoms with E-state index in [0.717, 1.165) is 6.07 Å². The number of hydrogen-bond donors (Lipinski definition) is 1. The van der Waals surface area contributed by atoms with Crippen molar-refractivity contribution in [3.8, 4) is 0 Å². The largest absolute Gasteiger partial charge is 0.493 e. The molecule has 1 aromatic carbocycles. The highest BCUT2D eigenvalue weighted by atomic mass is 127. The minimum absolute atomic E-state index is 0.0582. The summed E-state index contributed by atoms with van der Waals surface area (Å²) >= 11 is 2.05. The van der Waals surface area contributed by atoms with Crippen LogP contribution < -0.4 is 0 Å². The van der Waals surface area contributed by atoms with Gasteiger partial charge in [-0.1, -0.05) is 40.8 Å². The summed E-state index contributed by atoms with van der Waals surface area (Å²) in [7, 11) is 0. The van der Waals surface area contributed by atoms with Gasteiger partial charge in [0.15, 0.2) is 0 Å². The van der Waals surface area contributed by atoms with Crippen molar-refractivity contribution in [2.75, 3.05) is 0 Å². The van der Waals surface area contributed by atoms with E-state index >= 15 is 0 Å². The molecule has 3 rings (SSSR count). The normalized spacial score (nSPS) is 25.2. The topological polar surface area (TPSA) is 55.8 Å². The number of benzene rings is 1. The number of halogens is 4. The first-order valence-electron chi connectivity index (χ1n) is 7.99. The minimum Gasteiger partial charge on any atom is -0.493 e. The van der Waals surface area contributed by atoms with Gasteiger partial charge >= 0.3 is 12.1 Å². The molecule has 140 valence electrons. The molecule has 0 unspecified atom stereocenters. The maximum Gasteiger partial charge on any atom is 0.416 e. The van der Waals surface area contributed by atoms with Gasteiger partial charge in [-0.15, -0.1) is 0 Å². The summed E-state index contributed by atoms with van der Waals surface area (Å²) < 4.78 is 50.2. The molecule has 4 nitrogen and oxygen atoms in total. The van der Waals surface area contributed by atoms with Crippen LogP contribution in [-0.4, -0.2) is 21.1 Å². The van der Waals surface area contributed by atoms with E-state index in [2.05, 4.69) is 0 Å². The van der Waals surface area contributed by atoms with E-state index in [1.807, 2.05) is 22.6 Å². The molecule has 1 fully saturated rings. The van der Waals surface area contributed by atoms with Crippen LogP contribution in [0.1, 0.15) is 24.0 Å². The Labute approximate surface area is 161 Å². The lowest BCUT2D eigenvalue weighted by Gasteiger charge is -2.17. The van der Waals surface area contributed by atoms with Gasteiger partial charge in [0.2, 0.25) is 0 Å². The second-order valence-corrected chi connectivity index (χ2v) is 7.53. The number of ether oxygens (including phenoxy) is 2. The standard InChI is InChI=1S/C18H16F3IO4/c19-18(20,21)13-7-2-1-4-10(13)9-25-11-5-3-6-12(8-11)26-16-14(15(16)22)17(23)24/h1-2,4-5,7-8,14-16H,3,6,9H2,(H,23,24)/t14-,15-,16+/m1/s1. The van der Waals surface area contributed by atoms with Gasteiger partial charge in [-0.25, -0.2) is 0 Å². The number of carboxylic acids is 1. The average molecular weight is 480 g/mol. The Hall–Kier alpha value is -1.71. The van der Waals surface area contributed by atoms with Crippen LogP contribution in [0.5, 0.6) is 0 Å². The summed E-state index contributed by atoms with van der Waals surface area (Å²) in [5.41, 5.74) is -0.658. The summed E-state index contributed by atoms with van der Waals surface area (Å²) in [5, 5.41) is 9.05. The lowest BCUT2D eigenvalue weighted by molar-refractivity contribution is -0.140. The fraction of sp³-hybridized carbons (Fsp3) is 0.389. The third-order valence-corrected chi connectivity index (χ3v) is 5.68. The molecular formula is C18H16F3IO4. The van der Waals surface area contributed by atoms with Gasteiger partial charge in [0.05, 0.1) is 9.49 Å². The van der Waals surface area contributed by atoms with Crippen LogP contribution in [-0.2, 0) is 27.1 Å². The van der Waals surface area contributed by atoms with E-state index in [1.54, 1.807) is 12.2 Å². The van der Waals surface area contributed by atoms with Gasteiger partial charge in [-0.2, -0.15) is 13.2 Å². The molecule has 0 aromatic heterocycles. The van der Waals surface area contributed by atoms with E-state index < -0.39 is 23.6 Å². The second kappa shape index (κ2) is 7.50. The molecule has 26 heavy (non-hydrogen) atoms. The molecule has 0 saturated heterocycles. The first-order valence-corrected chi connectivity index (χ1v) is 9.24. The maximum atomic E-state index is 13.0. The van der Waals surface area contributed by atoms with Crippen molar-refractivity contribution in [2.24, 2.45) is 5.92 Å². The first-order chi connectivity index (χ1) is 12.3. The van der Waals surface area contributed by atoms with E-state index in [9.17, 15) is 18.0 Å². The lowest BCUT2D eigenvalue weighted by Crippen LogP contribution is -2.10. The molecule has 0 radical (unpaired) electrons. The van der Waals surface area contributed by atoms with E-state index in [4.69, 9.17) is 14.6 Å². The summed E-state index contributed by atoms with van der Waals surface area (Å²) in [5.74, 6) is -0.380. The highest BCUT2D eigenvalue weighted by Crippen LogP contribution is 2.44. The average Bonchev–Trinajstić information content (AvgIpc) is 3.22. The number of hydrogen-bond acceptors (Lipinski definition) is 3. The Morgan fingerprint density at radius 1 is 1.31 bits per heavy atom. The molecule has 3 atom stereocenters. The number of alkyl halides is 4. The first kappa shape index (κ1) is 19.1. The van der Waals surface area contributed by atoms with Crippen molar-refractivity contribution in [3.63, 3.8) is 0 Å². The number of carbonyl (C=O) groups is 1. The molecule has 2 aliphatic rings. The van der Waals surface area contributed by atoms with Crippen LogP contribution in [0.2, 0.25) is 0 Å². The quantitative estimate of drug-likeness (QED) is 0.475. The number of rotatable bonds is 6. The van der Waals surface area contributed by atoms with Crippen molar-refractivity contribution < 1.29 is 32.5 Å².